The molecule has 0 aliphatic rings. The van der Waals surface area contributed by atoms with Crippen molar-refractivity contribution in [2.75, 3.05) is 24.7 Å². The van der Waals surface area contributed by atoms with Crippen LogP contribution in [0.25, 0.3) is 0 Å². The number of aromatic carboxylic acids is 1. The topological polar surface area (TPSA) is 108 Å². The van der Waals surface area contributed by atoms with Crippen molar-refractivity contribution >= 4 is 21.8 Å². The van der Waals surface area contributed by atoms with E-state index in [1.165, 1.54) is 25.4 Å². The van der Waals surface area contributed by atoms with Gasteiger partial charge in [-0.15, -0.1) is 0 Å². The van der Waals surface area contributed by atoms with E-state index >= 15 is 0 Å². The first-order chi connectivity index (χ1) is 7.96. The Hall–Kier alpha value is -1.67. The lowest BCUT2D eigenvalue weighted by molar-refractivity contribution is 0.0697. The molecule has 3 N–H and O–H groups in total. The zero-order valence-electron chi connectivity index (χ0n) is 9.17. The third-order valence-corrected chi connectivity index (χ3v) is 3.38. The number of nitrogens with zero attached hydrogens (tertiary/aromatic N) is 1. The van der Waals surface area contributed by atoms with Gasteiger partial charge in [-0.1, -0.05) is 0 Å². The Balaban J connectivity index is 2.67. The molecule has 17 heavy (non-hydrogen) atoms. The van der Waals surface area contributed by atoms with Crippen molar-refractivity contribution in [3.63, 3.8) is 0 Å². The fraction of sp³-hybridized carbons (Fsp3) is 0.333. The van der Waals surface area contributed by atoms with Crippen molar-refractivity contribution < 1.29 is 18.3 Å². The molecular formula is C9H13N3O4S. The molecular weight excluding hydrogens is 246 g/mol. The number of carboxylic acid groups (broad SMARTS) is 1. The standard InChI is InChI=1S/C9H13N3O4S/c1-10-17(15,16)6-5-12-8-7(9(13)14)3-2-4-11-8/h2-4,10H,5-6H2,1H3,(H,11,12)(H,13,14). The highest BCUT2D eigenvalue weighted by Gasteiger charge is 2.11. The molecule has 0 amide bonds. The van der Waals surface area contributed by atoms with Crippen LogP contribution < -0.4 is 10.0 Å². The first-order valence-corrected chi connectivity index (χ1v) is 6.45. The van der Waals surface area contributed by atoms with Crippen molar-refractivity contribution in [1.29, 1.82) is 0 Å². The number of pyridine rings is 1. The Bertz CT molecular complexity index is 501. The van der Waals surface area contributed by atoms with Crippen LogP contribution >= 0.6 is 0 Å². The van der Waals surface area contributed by atoms with Crippen LogP contribution in [-0.4, -0.2) is 43.8 Å². The van der Waals surface area contributed by atoms with E-state index < -0.39 is 16.0 Å². The van der Waals surface area contributed by atoms with Gasteiger partial charge in [0, 0.05) is 12.7 Å². The minimum atomic E-state index is -3.31. The molecule has 0 aliphatic heterocycles. The van der Waals surface area contributed by atoms with Gasteiger partial charge >= 0.3 is 5.97 Å². The van der Waals surface area contributed by atoms with Crippen LogP contribution in [0.3, 0.4) is 0 Å². The van der Waals surface area contributed by atoms with Gasteiger partial charge in [-0.25, -0.2) is 22.9 Å². The number of anilines is 1. The van der Waals surface area contributed by atoms with Gasteiger partial charge in [0.05, 0.1) is 5.75 Å². The molecule has 0 radical (unpaired) electrons. The van der Waals surface area contributed by atoms with E-state index in [0.717, 1.165) is 0 Å². The lowest BCUT2D eigenvalue weighted by atomic mass is 10.2. The summed E-state index contributed by atoms with van der Waals surface area (Å²) in [5.74, 6) is -1.11. The molecule has 0 bridgehead atoms. The number of rotatable bonds is 6. The third-order valence-electron chi connectivity index (χ3n) is 2.01. The van der Waals surface area contributed by atoms with Crippen molar-refractivity contribution in [2.45, 2.75) is 0 Å². The summed E-state index contributed by atoms with van der Waals surface area (Å²) < 4.78 is 24.4. The molecule has 1 rings (SSSR count). The predicted molar refractivity (Wildman–Crippen MR) is 62.5 cm³/mol. The normalized spacial score (nSPS) is 11.1. The molecule has 7 nitrogen and oxygen atoms in total. The molecule has 1 aromatic rings. The molecule has 0 aliphatic carbocycles. The maximum Gasteiger partial charge on any atom is 0.339 e. The summed E-state index contributed by atoms with van der Waals surface area (Å²) >= 11 is 0. The number of aromatic nitrogens is 1. The zero-order valence-corrected chi connectivity index (χ0v) is 9.99. The quantitative estimate of drug-likeness (QED) is 0.649. The second-order valence-corrected chi connectivity index (χ2v) is 5.20. The Labute approximate surface area is 98.9 Å². The van der Waals surface area contributed by atoms with Crippen LogP contribution in [0.1, 0.15) is 10.4 Å². The van der Waals surface area contributed by atoms with Gasteiger partial charge in [0.15, 0.2) is 0 Å². The number of carbonyl (C=O) groups is 1. The Morgan fingerprint density at radius 2 is 2.24 bits per heavy atom. The van der Waals surface area contributed by atoms with Crippen molar-refractivity contribution in [3.8, 4) is 0 Å². The van der Waals surface area contributed by atoms with Gasteiger partial charge in [-0.3, -0.25) is 0 Å². The average Bonchev–Trinajstić information content (AvgIpc) is 2.29. The fourth-order valence-corrected chi connectivity index (χ4v) is 1.70. The largest absolute Gasteiger partial charge is 0.478 e. The maximum atomic E-state index is 11.1. The van der Waals surface area contributed by atoms with Crippen LogP contribution in [0.15, 0.2) is 18.3 Å². The highest BCUT2D eigenvalue weighted by molar-refractivity contribution is 7.89. The van der Waals surface area contributed by atoms with E-state index in [0.29, 0.717) is 0 Å². The van der Waals surface area contributed by atoms with Gasteiger partial charge in [0.25, 0.3) is 0 Å². The van der Waals surface area contributed by atoms with Gasteiger partial charge in [-0.2, -0.15) is 0 Å². The third kappa shape index (κ3) is 4.00. The van der Waals surface area contributed by atoms with E-state index in [1.807, 2.05) is 0 Å². The van der Waals surface area contributed by atoms with Crippen LogP contribution in [0, 0.1) is 0 Å². The van der Waals surface area contributed by atoms with Crippen LogP contribution in [0.2, 0.25) is 0 Å². The molecule has 0 saturated carbocycles. The minimum Gasteiger partial charge on any atom is -0.478 e. The van der Waals surface area contributed by atoms with Gasteiger partial charge < -0.3 is 10.4 Å². The second-order valence-electron chi connectivity index (χ2n) is 3.15. The van der Waals surface area contributed by atoms with Crippen molar-refractivity contribution in [3.05, 3.63) is 23.9 Å². The molecule has 1 aromatic heterocycles. The summed E-state index contributed by atoms with van der Waals surface area (Å²) in [6.07, 6.45) is 1.43. The van der Waals surface area contributed by atoms with Gasteiger partial charge in [-0.05, 0) is 19.2 Å². The van der Waals surface area contributed by atoms with E-state index in [1.54, 1.807) is 0 Å². The Kier molecular flexibility index (Phi) is 4.41. The maximum absolute atomic E-state index is 11.1. The van der Waals surface area contributed by atoms with Crippen molar-refractivity contribution in [1.82, 2.24) is 9.71 Å². The molecule has 0 saturated heterocycles. The lowest BCUT2D eigenvalue weighted by Gasteiger charge is -2.07. The number of hydrogen-bond donors (Lipinski definition) is 3. The molecule has 8 heteroatoms. The first-order valence-electron chi connectivity index (χ1n) is 4.79. The summed E-state index contributed by atoms with van der Waals surface area (Å²) in [4.78, 5) is 14.7. The second kappa shape index (κ2) is 5.60. The summed E-state index contributed by atoms with van der Waals surface area (Å²) in [6.45, 7) is 0.0838. The molecule has 0 unspecified atom stereocenters. The van der Waals surface area contributed by atoms with E-state index in [4.69, 9.17) is 5.11 Å². The predicted octanol–water partition coefficient (Wildman–Crippen LogP) is -0.259. The molecule has 0 spiro atoms. The number of sulfonamides is 1. The monoisotopic (exact) mass is 259 g/mol. The summed E-state index contributed by atoms with van der Waals surface area (Å²) in [5.41, 5.74) is 0.00866. The zero-order chi connectivity index (χ0) is 12.9. The summed E-state index contributed by atoms with van der Waals surface area (Å²) in [5, 5.41) is 11.5. The number of hydrogen-bond acceptors (Lipinski definition) is 5. The highest BCUT2D eigenvalue weighted by atomic mass is 32.2. The van der Waals surface area contributed by atoms with Gasteiger partial charge in [0.2, 0.25) is 10.0 Å². The molecule has 0 aromatic carbocycles. The van der Waals surface area contributed by atoms with E-state index in [9.17, 15) is 13.2 Å². The van der Waals surface area contributed by atoms with Crippen molar-refractivity contribution in [2.24, 2.45) is 0 Å². The van der Waals surface area contributed by atoms with Gasteiger partial charge in [0.1, 0.15) is 11.4 Å². The smallest absolute Gasteiger partial charge is 0.339 e. The molecule has 1 heterocycles. The average molecular weight is 259 g/mol. The molecule has 94 valence electrons. The lowest BCUT2D eigenvalue weighted by Crippen LogP contribution is -2.26. The number of nitrogens with one attached hydrogen (secondary N) is 2. The highest BCUT2D eigenvalue weighted by Crippen LogP contribution is 2.10. The first kappa shape index (κ1) is 13.4. The SMILES string of the molecule is CNS(=O)(=O)CCNc1ncccc1C(=O)O. The van der Waals surface area contributed by atoms with E-state index in [-0.39, 0.29) is 23.7 Å². The Morgan fingerprint density at radius 1 is 1.53 bits per heavy atom. The van der Waals surface area contributed by atoms with E-state index in [2.05, 4.69) is 15.0 Å². The van der Waals surface area contributed by atoms with Crippen LogP contribution in [-0.2, 0) is 10.0 Å². The summed E-state index contributed by atoms with van der Waals surface area (Å²) in [7, 11) is -1.99. The van der Waals surface area contributed by atoms with Crippen LogP contribution in [0.4, 0.5) is 5.82 Å². The molecule has 0 atom stereocenters. The van der Waals surface area contributed by atoms with Crippen LogP contribution in [0.5, 0.6) is 0 Å². The number of carboxylic acids is 1. The molecule has 0 fully saturated rings. The minimum absolute atomic E-state index is 0.00866. The Morgan fingerprint density at radius 3 is 2.82 bits per heavy atom. The fourth-order valence-electron chi connectivity index (χ4n) is 1.12. The summed E-state index contributed by atoms with van der Waals surface area (Å²) in [6, 6.07) is 2.89.